The lowest BCUT2D eigenvalue weighted by molar-refractivity contribution is -0.132. The first-order valence-corrected chi connectivity index (χ1v) is 12.6. The number of nitrogens with zero attached hydrogens (tertiary/aromatic N) is 2. The Morgan fingerprint density at radius 3 is 2.41 bits per heavy atom. The minimum atomic E-state index is -0.996. The van der Waals surface area contributed by atoms with Gasteiger partial charge in [0, 0.05) is 17.1 Å². The van der Waals surface area contributed by atoms with Crippen molar-refractivity contribution in [3.05, 3.63) is 64.7 Å². The molecule has 1 N–H and O–H groups in total. The molecule has 4 rings (SSSR count). The van der Waals surface area contributed by atoms with E-state index in [2.05, 4.69) is 11.9 Å². The molecule has 0 spiro atoms. The van der Waals surface area contributed by atoms with Crippen LogP contribution in [-0.2, 0) is 9.59 Å². The summed E-state index contributed by atoms with van der Waals surface area (Å²) in [6, 6.07) is 9.11. The predicted octanol–water partition coefficient (Wildman–Crippen LogP) is 4.97. The van der Waals surface area contributed by atoms with Gasteiger partial charge in [-0.2, -0.15) is 0 Å². The van der Waals surface area contributed by atoms with E-state index in [1.54, 1.807) is 48.0 Å². The Labute approximate surface area is 218 Å². The van der Waals surface area contributed by atoms with Crippen molar-refractivity contribution in [2.75, 3.05) is 32.8 Å². The van der Waals surface area contributed by atoms with Crippen LogP contribution >= 0.6 is 11.3 Å². The minimum absolute atomic E-state index is 0.0832. The number of ketones is 1. The maximum absolute atomic E-state index is 13.4. The van der Waals surface area contributed by atoms with Crippen LogP contribution < -0.4 is 23.8 Å². The van der Waals surface area contributed by atoms with Crippen molar-refractivity contribution >= 4 is 33.9 Å². The van der Waals surface area contributed by atoms with Gasteiger partial charge in [-0.05, 0) is 36.2 Å². The molecule has 2 aromatic carbocycles. The summed E-state index contributed by atoms with van der Waals surface area (Å²) in [5, 5.41) is 13.4. The fraction of sp³-hybridized carbons (Fsp3) is 0.296. The number of amides is 1. The van der Waals surface area contributed by atoms with Crippen LogP contribution in [-0.4, -0.2) is 49.7 Å². The molecule has 1 aromatic heterocycles. The van der Waals surface area contributed by atoms with E-state index in [1.165, 1.54) is 37.6 Å². The zero-order chi connectivity index (χ0) is 26.5. The third-order valence-corrected chi connectivity index (χ3v) is 6.72. The van der Waals surface area contributed by atoms with Gasteiger partial charge in [-0.15, -0.1) is 11.3 Å². The van der Waals surface area contributed by atoms with Crippen molar-refractivity contribution in [1.29, 1.82) is 0 Å². The molecular formula is C27H28N2O7S. The Hall–Kier alpha value is -4.05. The molecule has 9 nitrogen and oxygen atoms in total. The van der Waals surface area contributed by atoms with Crippen molar-refractivity contribution in [2.24, 2.45) is 0 Å². The Bertz CT molecular complexity index is 1300. The van der Waals surface area contributed by atoms with E-state index < -0.39 is 17.7 Å². The molecule has 1 unspecified atom stereocenters. The van der Waals surface area contributed by atoms with Gasteiger partial charge in [0.25, 0.3) is 5.78 Å². The number of thiazole rings is 1. The largest absolute Gasteiger partial charge is 0.507 e. The van der Waals surface area contributed by atoms with Gasteiger partial charge < -0.3 is 24.1 Å². The predicted molar refractivity (Wildman–Crippen MR) is 140 cm³/mol. The van der Waals surface area contributed by atoms with Crippen molar-refractivity contribution in [2.45, 2.75) is 25.8 Å². The number of methoxy groups -OCH3 is 3. The molecule has 2 heterocycles. The summed E-state index contributed by atoms with van der Waals surface area (Å²) in [5.41, 5.74) is 0.740. The van der Waals surface area contributed by atoms with Gasteiger partial charge >= 0.3 is 5.91 Å². The van der Waals surface area contributed by atoms with Gasteiger partial charge in [-0.1, -0.05) is 25.5 Å². The molecule has 1 fully saturated rings. The number of anilines is 1. The summed E-state index contributed by atoms with van der Waals surface area (Å²) < 4.78 is 22.2. The number of hydrogen-bond acceptors (Lipinski definition) is 9. The quantitative estimate of drug-likeness (QED) is 0.171. The van der Waals surface area contributed by atoms with E-state index in [4.69, 9.17) is 18.9 Å². The van der Waals surface area contributed by atoms with E-state index in [0.717, 1.165) is 12.8 Å². The Morgan fingerprint density at radius 1 is 1.08 bits per heavy atom. The standard InChI is InChI=1S/C27H28N2O7S/c1-5-6-11-36-18-9-7-8-16(13-18)23(30)21-22(29(26(32)24(21)31)27-28-10-12-37-27)17-14-19(33-2)25(35-4)20(15-17)34-3/h7-10,12-15,22,30H,5-6,11H2,1-4H3/b23-21+. The summed E-state index contributed by atoms with van der Waals surface area (Å²) in [6.45, 7) is 2.59. The number of benzene rings is 2. The molecular weight excluding hydrogens is 496 g/mol. The van der Waals surface area contributed by atoms with E-state index >= 15 is 0 Å². The third kappa shape index (κ3) is 4.97. The summed E-state index contributed by atoms with van der Waals surface area (Å²) in [6.07, 6.45) is 3.41. The van der Waals surface area contributed by atoms with E-state index in [9.17, 15) is 14.7 Å². The maximum Gasteiger partial charge on any atom is 0.301 e. The molecule has 0 aliphatic carbocycles. The first-order valence-electron chi connectivity index (χ1n) is 11.7. The lowest BCUT2D eigenvalue weighted by atomic mass is 9.94. The van der Waals surface area contributed by atoms with Crippen LogP contribution in [0.4, 0.5) is 5.13 Å². The van der Waals surface area contributed by atoms with Gasteiger partial charge in [-0.3, -0.25) is 14.5 Å². The van der Waals surface area contributed by atoms with Crippen LogP contribution in [0.3, 0.4) is 0 Å². The van der Waals surface area contributed by atoms with Crippen molar-refractivity contribution in [1.82, 2.24) is 4.98 Å². The zero-order valence-corrected chi connectivity index (χ0v) is 21.8. The highest BCUT2D eigenvalue weighted by atomic mass is 32.1. The van der Waals surface area contributed by atoms with Gasteiger partial charge in [0.05, 0.1) is 39.6 Å². The second-order valence-corrected chi connectivity index (χ2v) is 9.05. The van der Waals surface area contributed by atoms with Gasteiger partial charge in [0.15, 0.2) is 16.6 Å². The molecule has 1 amide bonds. The molecule has 37 heavy (non-hydrogen) atoms. The molecule has 3 aromatic rings. The number of unbranched alkanes of at least 4 members (excludes halogenated alkanes) is 1. The number of aromatic nitrogens is 1. The van der Waals surface area contributed by atoms with Crippen molar-refractivity contribution < 1.29 is 33.6 Å². The molecule has 0 saturated carbocycles. The first-order chi connectivity index (χ1) is 17.9. The molecule has 0 bridgehead atoms. The maximum atomic E-state index is 13.4. The topological polar surface area (TPSA) is 107 Å². The highest BCUT2D eigenvalue weighted by Crippen LogP contribution is 2.47. The number of Topliss-reactive ketones (excluding diaryl/α,β-unsaturated/α-hetero) is 1. The summed E-state index contributed by atoms with van der Waals surface area (Å²) in [7, 11) is 4.43. The second kappa shape index (κ2) is 11.3. The Kier molecular flexibility index (Phi) is 7.98. The minimum Gasteiger partial charge on any atom is -0.507 e. The molecule has 1 saturated heterocycles. The summed E-state index contributed by atoms with van der Waals surface area (Å²) in [5.74, 6) is -0.361. The lowest BCUT2D eigenvalue weighted by Gasteiger charge is -2.24. The molecule has 1 atom stereocenters. The SMILES string of the molecule is CCCCOc1cccc(/C(O)=C2\C(=O)C(=O)N(c3nccs3)C2c2cc(OC)c(OC)c(OC)c2)c1. The molecule has 10 heteroatoms. The summed E-state index contributed by atoms with van der Waals surface area (Å²) in [4.78, 5) is 32.2. The average Bonchev–Trinajstić information content (AvgIpc) is 3.54. The number of aliphatic hydroxyl groups excluding tert-OH is 1. The zero-order valence-electron chi connectivity index (χ0n) is 21.0. The lowest BCUT2D eigenvalue weighted by Crippen LogP contribution is -2.29. The number of rotatable bonds is 10. The van der Waals surface area contributed by atoms with E-state index in [1.807, 2.05) is 0 Å². The Morgan fingerprint density at radius 2 is 1.81 bits per heavy atom. The van der Waals surface area contributed by atoms with E-state index in [0.29, 0.717) is 45.9 Å². The van der Waals surface area contributed by atoms with E-state index in [-0.39, 0.29) is 11.3 Å². The average molecular weight is 525 g/mol. The van der Waals surface area contributed by atoms with Gasteiger partial charge in [0.1, 0.15) is 11.5 Å². The fourth-order valence-corrected chi connectivity index (χ4v) is 4.83. The molecule has 0 radical (unpaired) electrons. The van der Waals surface area contributed by atoms with Gasteiger partial charge in [-0.25, -0.2) is 4.98 Å². The molecule has 1 aliphatic rings. The number of aliphatic hydroxyl groups is 1. The number of carbonyl (C=O) groups excluding carboxylic acids is 2. The monoisotopic (exact) mass is 524 g/mol. The van der Waals surface area contributed by atoms with Crippen molar-refractivity contribution in [3.8, 4) is 23.0 Å². The van der Waals surface area contributed by atoms with Crippen LogP contribution in [0.25, 0.3) is 5.76 Å². The van der Waals surface area contributed by atoms with Crippen LogP contribution in [0, 0.1) is 0 Å². The molecule has 194 valence electrons. The smallest absolute Gasteiger partial charge is 0.301 e. The van der Waals surface area contributed by atoms with Crippen LogP contribution in [0.2, 0.25) is 0 Å². The molecule has 1 aliphatic heterocycles. The Balaban J connectivity index is 1.91. The normalized spacial score (nSPS) is 16.6. The highest BCUT2D eigenvalue weighted by molar-refractivity contribution is 7.14. The summed E-state index contributed by atoms with van der Waals surface area (Å²) >= 11 is 1.21. The number of carbonyl (C=O) groups is 2. The van der Waals surface area contributed by atoms with Crippen LogP contribution in [0.5, 0.6) is 23.0 Å². The third-order valence-electron chi connectivity index (χ3n) is 5.95. The highest BCUT2D eigenvalue weighted by Gasteiger charge is 2.48. The van der Waals surface area contributed by atoms with Gasteiger partial charge in [0.2, 0.25) is 5.75 Å². The van der Waals surface area contributed by atoms with Crippen LogP contribution in [0.1, 0.15) is 36.9 Å². The second-order valence-electron chi connectivity index (χ2n) is 8.17. The first kappa shape index (κ1) is 26.0. The fourth-order valence-electron chi connectivity index (χ4n) is 4.16. The van der Waals surface area contributed by atoms with Crippen molar-refractivity contribution in [3.63, 3.8) is 0 Å². The van der Waals surface area contributed by atoms with Crippen LogP contribution in [0.15, 0.2) is 53.5 Å². The number of hydrogen-bond donors (Lipinski definition) is 1. The number of ether oxygens (including phenoxy) is 4.